The number of hydrogen-bond donors (Lipinski definition) is 3. The van der Waals surface area contributed by atoms with Gasteiger partial charge < -0.3 is 21.1 Å². The van der Waals surface area contributed by atoms with Crippen molar-refractivity contribution in [2.45, 2.75) is 0 Å². The molecule has 6 nitrogen and oxygen atoms in total. The van der Waals surface area contributed by atoms with Gasteiger partial charge in [0.1, 0.15) is 18.1 Å². The highest BCUT2D eigenvalue weighted by Crippen LogP contribution is 2.26. The minimum atomic E-state index is -0.436. The SMILES string of the molecule is COc1ccc(NC(N)=NCC(=O)Nc2cccc(F)c2)cc1Cl. The van der Waals surface area contributed by atoms with E-state index in [4.69, 9.17) is 22.1 Å². The number of methoxy groups -OCH3 is 1. The first-order chi connectivity index (χ1) is 11.5. The first-order valence-electron chi connectivity index (χ1n) is 6.94. The maximum Gasteiger partial charge on any atom is 0.246 e. The Morgan fingerprint density at radius 1 is 1.25 bits per heavy atom. The van der Waals surface area contributed by atoms with Crippen molar-refractivity contribution in [1.82, 2.24) is 0 Å². The molecular formula is C16H16ClFN4O2. The molecule has 126 valence electrons. The minimum Gasteiger partial charge on any atom is -0.495 e. The molecule has 2 rings (SSSR count). The van der Waals surface area contributed by atoms with Crippen LogP contribution in [0.2, 0.25) is 5.02 Å². The van der Waals surface area contributed by atoms with Crippen molar-refractivity contribution in [1.29, 1.82) is 0 Å². The molecule has 1 amide bonds. The van der Waals surface area contributed by atoms with E-state index in [2.05, 4.69) is 15.6 Å². The lowest BCUT2D eigenvalue weighted by atomic mass is 10.3. The number of nitrogens with one attached hydrogen (secondary N) is 2. The molecule has 0 fully saturated rings. The van der Waals surface area contributed by atoms with Crippen LogP contribution < -0.4 is 21.1 Å². The first-order valence-corrected chi connectivity index (χ1v) is 7.31. The van der Waals surface area contributed by atoms with E-state index in [9.17, 15) is 9.18 Å². The highest BCUT2D eigenvalue weighted by atomic mass is 35.5. The standard InChI is InChI=1S/C16H16ClFN4O2/c1-24-14-6-5-12(8-13(14)17)22-16(19)20-9-15(23)21-11-4-2-3-10(18)7-11/h2-8H,9H2,1H3,(H,21,23)(H3,19,20,22). The lowest BCUT2D eigenvalue weighted by Gasteiger charge is -2.08. The zero-order valence-electron chi connectivity index (χ0n) is 12.8. The zero-order valence-corrected chi connectivity index (χ0v) is 13.6. The van der Waals surface area contributed by atoms with Gasteiger partial charge in [0.05, 0.1) is 12.1 Å². The molecule has 0 aromatic heterocycles. The molecule has 24 heavy (non-hydrogen) atoms. The van der Waals surface area contributed by atoms with Crippen molar-refractivity contribution in [2.24, 2.45) is 10.7 Å². The predicted molar refractivity (Wildman–Crippen MR) is 93.1 cm³/mol. The van der Waals surface area contributed by atoms with E-state index in [0.29, 0.717) is 22.1 Å². The number of carbonyl (C=O) groups is 1. The van der Waals surface area contributed by atoms with Gasteiger partial charge in [-0.2, -0.15) is 0 Å². The Morgan fingerprint density at radius 2 is 2.00 bits per heavy atom. The second kappa shape index (κ2) is 8.16. The van der Waals surface area contributed by atoms with Crippen molar-refractivity contribution in [3.63, 3.8) is 0 Å². The van der Waals surface area contributed by atoms with Crippen LogP contribution in [0, 0.1) is 5.82 Å². The second-order valence-corrected chi connectivity index (χ2v) is 5.14. The number of anilines is 2. The van der Waals surface area contributed by atoms with Crippen LogP contribution in [-0.2, 0) is 4.79 Å². The zero-order chi connectivity index (χ0) is 17.5. The highest BCUT2D eigenvalue weighted by Gasteiger charge is 2.05. The topological polar surface area (TPSA) is 88.7 Å². The van der Waals surface area contributed by atoms with E-state index in [-0.39, 0.29) is 12.5 Å². The van der Waals surface area contributed by atoms with Crippen molar-refractivity contribution in [3.8, 4) is 5.75 Å². The Hall–Kier alpha value is -2.80. The van der Waals surface area contributed by atoms with Gasteiger partial charge in [-0.1, -0.05) is 17.7 Å². The summed E-state index contributed by atoms with van der Waals surface area (Å²) in [5, 5.41) is 5.75. The van der Waals surface area contributed by atoms with Gasteiger partial charge in [-0.15, -0.1) is 0 Å². The summed E-state index contributed by atoms with van der Waals surface area (Å²) in [4.78, 5) is 15.7. The summed E-state index contributed by atoms with van der Waals surface area (Å²) in [5.41, 5.74) is 6.67. The number of aliphatic imine (C=N–C) groups is 1. The lowest BCUT2D eigenvalue weighted by Crippen LogP contribution is -2.25. The summed E-state index contributed by atoms with van der Waals surface area (Å²) in [6.07, 6.45) is 0. The van der Waals surface area contributed by atoms with Crippen LogP contribution >= 0.6 is 11.6 Å². The number of amides is 1. The van der Waals surface area contributed by atoms with E-state index < -0.39 is 11.7 Å². The lowest BCUT2D eigenvalue weighted by molar-refractivity contribution is -0.114. The van der Waals surface area contributed by atoms with Gasteiger partial charge in [0.2, 0.25) is 5.91 Å². The van der Waals surface area contributed by atoms with Gasteiger partial charge in [-0.05, 0) is 36.4 Å². The fraction of sp³-hybridized carbons (Fsp3) is 0.125. The van der Waals surface area contributed by atoms with E-state index in [1.807, 2.05) is 0 Å². The average Bonchev–Trinajstić information content (AvgIpc) is 2.53. The molecule has 0 saturated heterocycles. The summed E-state index contributed by atoms with van der Waals surface area (Å²) in [7, 11) is 1.52. The maximum absolute atomic E-state index is 13.0. The molecule has 0 spiro atoms. The fourth-order valence-electron chi connectivity index (χ4n) is 1.86. The number of guanidine groups is 1. The Labute approximate surface area is 143 Å². The van der Waals surface area contributed by atoms with E-state index in [1.165, 1.54) is 25.3 Å². The van der Waals surface area contributed by atoms with Crippen LogP contribution in [0.3, 0.4) is 0 Å². The summed E-state index contributed by atoms with van der Waals surface area (Å²) in [5.74, 6) is -0.273. The molecular weight excluding hydrogens is 335 g/mol. The Kier molecular flexibility index (Phi) is 5.97. The maximum atomic E-state index is 13.0. The molecule has 0 unspecified atom stereocenters. The van der Waals surface area contributed by atoms with Crippen molar-refractivity contribution in [2.75, 3.05) is 24.3 Å². The monoisotopic (exact) mass is 350 g/mol. The third-order valence-electron chi connectivity index (χ3n) is 2.93. The molecule has 0 bridgehead atoms. The van der Waals surface area contributed by atoms with Crippen LogP contribution in [-0.4, -0.2) is 25.5 Å². The number of nitrogens with zero attached hydrogens (tertiary/aromatic N) is 1. The largest absolute Gasteiger partial charge is 0.495 e. The molecule has 8 heteroatoms. The number of hydrogen-bond acceptors (Lipinski definition) is 3. The number of carbonyl (C=O) groups excluding carboxylic acids is 1. The molecule has 0 aliphatic heterocycles. The predicted octanol–water partition coefficient (Wildman–Crippen LogP) is 2.85. The molecule has 0 heterocycles. The van der Waals surface area contributed by atoms with Crippen LogP contribution in [0.5, 0.6) is 5.75 Å². The number of benzene rings is 2. The summed E-state index contributed by atoms with van der Waals surface area (Å²) >= 11 is 6.00. The van der Waals surface area contributed by atoms with Crippen molar-refractivity contribution in [3.05, 3.63) is 53.3 Å². The van der Waals surface area contributed by atoms with Gasteiger partial charge in [0.15, 0.2) is 5.96 Å². The molecule has 0 aliphatic carbocycles. The quantitative estimate of drug-likeness (QED) is 0.571. The van der Waals surface area contributed by atoms with Crippen molar-refractivity contribution < 1.29 is 13.9 Å². The van der Waals surface area contributed by atoms with Crippen LogP contribution in [0.1, 0.15) is 0 Å². The Morgan fingerprint density at radius 3 is 2.67 bits per heavy atom. The smallest absolute Gasteiger partial charge is 0.246 e. The number of halogens is 2. The summed E-state index contributed by atoms with van der Waals surface area (Å²) in [6, 6.07) is 10.6. The van der Waals surface area contributed by atoms with E-state index in [0.717, 1.165) is 0 Å². The van der Waals surface area contributed by atoms with Gasteiger partial charge in [0, 0.05) is 11.4 Å². The summed E-state index contributed by atoms with van der Waals surface area (Å²) in [6.45, 7) is -0.209. The normalized spacial score (nSPS) is 11.0. The molecule has 0 saturated carbocycles. The molecule has 0 aliphatic rings. The van der Waals surface area contributed by atoms with Gasteiger partial charge >= 0.3 is 0 Å². The average molecular weight is 351 g/mol. The fourth-order valence-corrected chi connectivity index (χ4v) is 2.11. The van der Waals surface area contributed by atoms with Gasteiger partial charge in [-0.25, -0.2) is 9.38 Å². The third kappa shape index (κ3) is 5.13. The van der Waals surface area contributed by atoms with Crippen LogP contribution in [0.15, 0.2) is 47.5 Å². The van der Waals surface area contributed by atoms with Gasteiger partial charge in [0.25, 0.3) is 0 Å². The van der Waals surface area contributed by atoms with Crippen LogP contribution in [0.4, 0.5) is 15.8 Å². The van der Waals surface area contributed by atoms with Gasteiger partial charge in [-0.3, -0.25) is 4.79 Å². The minimum absolute atomic E-state index is 0.0469. The van der Waals surface area contributed by atoms with E-state index in [1.54, 1.807) is 24.3 Å². The molecule has 2 aromatic rings. The molecule has 2 aromatic carbocycles. The van der Waals surface area contributed by atoms with E-state index >= 15 is 0 Å². The summed E-state index contributed by atoms with van der Waals surface area (Å²) < 4.78 is 18.1. The third-order valence-corrected chi connectivity index (χ3v) is 3.22. The molecule has 0 atom stereocenters. The Bertz CT molecular complexity index is 767. The van der Waals surface area contributed by atoms with Crippen LogP contribution in [0.25, 0.3) is 0 Å². The number of rotatable bonds is 5. The molecule has 0 radical (unpaired) electrons. The first kappa shape index (κ1) is 17.6. The number of ether oxygens (including phenoxy) is 1. The highest BCUT2D eigenvalue weighted by molar-refractivity contribution is 6.32. The Balaban J connectivity index is 1.91. The van der Waals surface area contributed by atoms with Crippen molar-refractivity contribution >= 4 is 34.8 Å². The second-order valence-electron chi connectivity index (χ2n) is 4.73. The number of nitrogens with two attached hydrogens (primary N) is 1. The molecule has 4 N–H and O–H groups in total.